The largest absolute Gasteiger partial charge is 0.391 e. The second kappa shape index (κ2) is 6.38. The summed E-state index contributed by atoms with van der Waals surface area (Å²) in [5.74, 6) is 2.07. The monoisotopic (exact) mass is 255 g/mol. The van der Waals surface area contributed by atoms with E-state index in [0.29, 0.717) is 5.92 Å². The van der Waals surface area contributed by atoms with Gasteiger partial charge in [0.1, 0.15) is 0 Å². The predicted octanol–water partition coefficient (Wildman–Crippen LogP) is 3.54. The van der Waals surface area contributed by atoms with Crippen LogP contribution in [0.25, 0.3) is 0 Å². The van der Waals surface area contributed by atoms with E-state index in [9.17, 15) is 5.11 Å². The Kier molecular flexibility index (Phi) is 5.67. The average molecular weight is 255 g/mol. The van der Waals surface area contributed by atoms with Crippen molar-refractivity contribution < 1.29 is 5.11 Å². The van der Waals surface area contributed by atoms with E-state index in [2.05, 4.69) is 46.7 Å². The Morgan fingerprint density at radius 1 is 1.11 bits per heavy atom. The Balaban J connectivity index is 2.81. The third-order valence-electron chi connectivity index (χ3n) is 5.75. The lowest BCUT2D eigenvalue weighted by atomic mass is 9.68. The minimum atomic E-state index is -0.183. The summed E-state index contributed by atoms with van der Waals surface area (Å²) in [4.78, 5) is 2.25. The van der Waals surface area contributed by atoms with Gasteiger partial charge < -0.3 is 10.0 Å². The summed E-state index contributed by atoms with van der Waals surface area (Å²) in [5.41, 5.74) is -0.0367. The highest BCUT2D eigenvalue weighted by Crippen LogP contribution is 2.40. The highest BCUT2D eigenvalue weighted by atomic mass is 16.3. The fourth-order valence-electron chi connectivity index (χ4n) is 3.88. The van der Waals surface area contributed by atoms with E-state index >= 15 is 0 Å². The van der Waals surface area contributed by atoms with Crippen LogP contribution < -0.4 is 0 Å². The van der Waals surface area contributed by atoms with Crippen LogP contribution in [0.5, 0.6) is 0 Å². The van der Waals surface area contributed by atoms with Gasteiger partial charge in [0.2, 0.25) is 0 Å². The molecule has 1 aliphatic carbocycles. The van der Waals surface area contributed by atoms with Crippen molar-refractivity contribution >= 4 is 0 Å². The first-order valence-electron chi connectivity index (χ1n) is 7.74. The molecule has 1 aliphatic rings. The van der Waals surface area contributed by atoms with Crippen molar-refractivity contribution in [3.8, 4) is 0 Å². The summed E-state index contributed by atoms with van der Waals surface area (Å²) in [6, 6.07) is 0. The average Bonchev–Trinajstić information content (AvgIpc) is 2.34. The van der Waals surface area contributed by atoms with Crippen molar-refractivity contribution in [3.05, 3.63) is 0 Å². The highest BCUT2D eigenvalue weighted by Gasteiger charge is 2.42. The van der Waals surface area contributed by atoms with Gasteiger partial charge in [-0.3, -0.25) is 0 Å². The van der Waals surface area contributed by atoms with Crippen LogP contribution in [0.1, 0.15) is 59.8 Å². The van der Waals surface area contributed by atoms with Gasteiger partial charge in [-0.2, -0.15) is 0 Å². The van der Waals surface area contributed by atoms with Gasteiger partial charge in [-0.05, 0) is 57.5 Å². The van der Waals surface area contributed by atoms with E-state index < -0.39 is 0 Å². The summed E-state index contributed by atoms with van der Waals surface area (Å²) in [7, 11) is 4.23. The maximum absolute atomic E-state index is 10.9. The van der Waals surface area contributed by atoms with E-state index in [1.54, 1.807) is 0 Å². The summed E-state index contributed by atoms with van der Waals surface area (Å²) in [6.07, 6.45) is 5.54. The fraction of sp³-hybridized carbons (Fsp3) is 1.00. The molecule has 0 aliphatic heterocycles. The summed E-state index contributed by atoms with van der Waals surface area (Å²) in [5, 5.41) is 10.9. The molecule has 0 aromatic rings. The third-order valence-corrected chi connectivity index (χ3v) is 5.75. The van der Waals surface area contributed by atoms with Crippen LogP contribution in [0.2, 0.25) is 0 Å². The van der Waals surface area contributed by atoms with E-state index in [-0.39, 0.29) is 11.6 Å². The molecule has 0 aromatic carbocycles. The van der Waals surface area contributed by atoms with Crippen molar-refractivity contribution in [3.63, 3.8) is 0 Å². The topological polar surface area (TPSA) is 23.5 Å². The van der Waals surface area contributed by atoms with Gasteiger partial charge >= 0.3 is 0 Å². The fourth-order valence-corrected chi connectivity index (χ4v) is 3.88. The first-order valence-corrected chi connectivity index (χ1v) is 7.74. The van der Waals surface area contributed by atoms with Crippen LogP contribution in [-0.4, -0.2) is 35.7 Å². The molecule has 0 heterocycles. The van der Waals surface area contributed by atoms with Crippen molar-refractivity contribution in [1.82, 2.24) is 4.90 Å². The first-order chi connectivity index (χ1) is 8.39. The molecule has 0 spiro atoms. The molecule has 18 heavy (non-hydrogen) atoms. The first kappa shape index (κ1) is 16.0. The van der Waals surface area contributed by atoms with E-state index in [1.165, 1.54) is 19.3 Å². The molecule has 0 aromatic heterocycles. The minimum Gasteiger partial charge on any atom is -0.391 e. The van der Waals surface area contributed by atoms with Crippen LogP contribution in [0.4, 0.5) is 0 Å². The van der Waals surface area contributed by atoms with Crippen LogP contribution in [-0.2, 0) is 0 Å². The number of aliphatic hydroxyl groups excluding tert-OH is 1. The molecule has 1 fully saturated rings. The predicted molar refractivity (Wildman–Crippen MR) is 78.7 cm³/mol. The van der Waals surface area contributed by atoms with Gasteiger partial charge in [0.25, 0.3) is 0 Å². The molecule has 4 unspecified atom stereocenters. The second-order valence-electron chi connectivity index (χ2n) is 6.68. The maximum atomic E-state index is 10.9. The molecule has 0 bridgehead atoms. The molecule has 0 amide bonds. The van der Waals surface area contributed by atoms with Gasteiger partial charge in [0.05, 0.1) is 6.10 Å². The van der Waals surface area contributed by atoms with Crippen LogP contribution in [0.3, 0.4) is 0 Å². The standard InChI is InChI=1S/C16H33NO/c1-7-16(8-2,17(5)6)15(18)14-10-9-12(3)13(4)11-14/h12-15,18H,7-11H2,1-6H3. The SMILES string of the molecule is CCC(CC)(C(O)C1CCC(C)C(C)C1)N(C)C. The molecule has 2 nitrogen and oxygen atoms in total. The van der Waals surface area contributed by atoms with Gasteiger partial charge in [-0.25, -0.2) is 0 Å². The molecule has 0 radical (unpaired) electrons. The number of likely N-dealkylation sites (N-methyl/N-ethyl adjacent to an activating group) is 1. The van der Waals surface area contributed by atoms with Crippen molar-refractivity contribution in [2.45, 2.75) is 71.4 Å². The van der Waals surface area contributed by atoms with Crippen LogP contribution in [0.15, 0.2) is 0 Å². The number of rotatable bonds is 5. The highest BCUT2D eigenvalue weighted by molar-refractivity contribution is 4.97. The zero-order valence-electron chi connectivity index (χ0n) is 13.2. The zero-order valence-corrected chi connectivity index (χ0v) is 13.2. The molecule has 0 saturated heterocycles. The number of nitrogens with zero attached hydrogens (tertiary/aromatic N) is 1. The molecule has 2 heteroatoms. The second-order valence-corrected chi connectivity index (χ2v) is 6.68. The molecule has 4 atom stereocenters. The summed E-state index contributed by atoms with van der Waals surface area (Å²) < 4.78 is 0. The lowest BCUT2D eigenvalue weighted by molar-refractivity contribution is -0.0639. The summed E-state index contributed by atoms with van der Waals surface area (Å²) in [6.45, 7) is 9.12. The number of hydrogen-bond donors (Lipinski definition) is 1. The van der Waals surface area contributed by atoms with Gasteiger partial charge in [0.15, 0.2) is 0 Å². The van der Waals surface area contributed by atoms with Crippen molar-refractivity contribution in [1.29, 1.82) is 0 Å². The summed E-state index contributed by atoms with van der Waals surface area (Å²) >= 11 is 0. The van der Waals surface area contributed by atoms with Crippen LogP contribution in [0, 0.1) is 17.8 Å². The number of hydrogen-bond acceptors (Lipinski definition) is 2. The van der Waals surface area contributed by atoms with Gasteiger partial charge in [-0.1, -0.05) is 34.1 Å². The van der Waals surface area contributed by atoms with Gasteiger partial charge in [-0.15, -0.1) is 0 Å². The van der Waals surface area contributed by atoms with E-state index in [1.807, 2.05) is 0 Å². The van der Waals surface area contributed by atoms with Gasteiger partial charge in [0, 0.05) is 5.54 Å². The van der Waals surface area contributed by atoms with E-state index in [4.69, 9.17) is 0 Å². The molecular formula is C16H33NO. The van der Waals surface area contributed by atoms with Crippen LogP contribution >= 0.6 is 0 Å². The molecule has 1 N–H and O–H groups in total. The minimum absolute atomic E-state index is 0.0367. The Morgan fingerprint density at radius 2 is 1.67 bits per heavy atom. The zero-order chi connectivity index (χ0) is 13.9. The van der Waals surface area contributed by atoms with E-state index in [0.717, 1.165) is 24.7 Å². The third kappa shape index (κ3) is 2.91. The maximum Gasteiger partial charge on any atom is 0.0751 e. The molecule has 1 saturated carbocycles. The Hall–Kier alpha value is -0.0800. The Morgan fingerprint density at radius 3 is 2.06 bits per heavy atom. The Labute approximate surface area is 114 Å². The number of aliphatic hydroxyl groups is 1. The van der Waals surface area contributed by atoms with Crippen molar-refractivity contribution in [2.24, 2.45) is 17.8 Å². The Bertz CT molecular complexity index is 247. The molecule has 1 rings (SSSR count). The molecular weight excluding hydrogens is 222 g/mol. The normalized spacial score (nSPS) is 31.7. The lowest BCUT2D eigenvalue weighted by Crippen LogP contribution is -2.56. The quantitative estimate of drug-likeness (QED) is 0.812. The lowest BCUT2D eigenvalue weighted by Gasteiger charge is -2.47. The van der Waals surface area contributed by atoms with Crippen molar-refractivity contribution in [2.75, 3.05) is 14.1 Å². The smallest absolute Gasteiger partial charge is 0.0751 e. The molecule has 108 valence electrons.